The van der Waals surface area contributed by atoms with E-state index in [9.17, 15) is 0 Å². The molecule has 2 unspecified atom stereocenters. The van der Waals surface area contributed by atoms with Crippen LogP contribution in [0.1, 0.15) is 24.4 Å². The van der Waals surface area contributed by atoms with Gasteiger partial charge in [-0.2, -0.15) is 16.9 Å². The highest BCUT2D eigenvalue weighted by atomic mass is 32.2. The van der Waals surface area contributed by atoms with E-state index in [0.717, 1.165) is 0 Å². The van der Waals surface area contributed by atoms with Crippen LogP contribution in [0.5, 0.6) is 0 Å². The molecule has 4 nitrogen and oxygen atoms in total. The molecule has 14 heavy (non-hydrogen) atoms. The van der Waals surface area contributed by atoms with Crippen LogP contribution in [0.25, 0.3) is 0 Å². The van der Waals surface area contributed by atoms with Crippen molar-refractivity contribution in [2.75, 3.05) is 5.75 Å². The predicted octanol–water partition coefficient (Wildman–Crippen LogP) is 0.820. The van der Waals surface area contributed by atoms with Gasteiger partial charge in [0.1, 0.15) is 0 Å². The van der Waals surface area contributed by atoms with Crippen molar-refractivity contribution < 1.29 is 0 Å². The summed E-state index contributed by atoms with van der Waals surface area (Å²) in [5.41, 5.74) is 4.09. The quantitative estimate of drug-likeness (QED) is 0.575. The summed E-state index contributed by atoms with van der Waals surface area (Å²) in [4.78, 5) is 0. The molecule has 2 heterocycles. The van der Waals surface area contributed by atoms with Crippen molar-refractivity contribution in [3.8, 4) is 0 Å². The molecule has 5 heteroatoms. The summed E-state index contributed by atoms with van der Waals surface area (Å²) in [5.74, 6) is 6.85. The van der Waals surface area contributed by atoms with E-state index in [-0.39, 0.29) is 6.04 Å². The summed E-state index contributed by atoms with van der Waals surface area (Å²) in [6.07, 6.45) is 6.47. The van der Waals surface area contributed by atoms with Crippen LogP contribution in [0.2, 0.25) is 0 Å². The maximum atomic E-state index is 5.59. The first-order valence-corrected chi connectivity index (χ1v) is 5.92. The lowest BCUT2D eigenvalue weighted by Gasteiger charge is -2.20. The summed E-state index contributed by atoms with van der Waals surface area (Å²) >= 11 is 2.00. The Morgan fingerprint density at radius 3 is 3.14 bits per heavy atom. The zero-order chi connectivity index (χ0) is 9.97. The molecule has 0 aliphatic carbocycles. The molecule has 0 saturated carbocycles. The first kappa shape index (κ1) is 10.0. The lowest BCUT2D eigenvalue weighted by Crippen LogP contribution is -2.34. The highest BCUT2D eigenvalue weighted by Crippen LogP contribution is 2.35. The SMILES string of the molecule is Cn1cc(C(NN)C2CCCS2)cn1. The molecule has 1 aliphatic heterocycles. The van der Waals surface area contributed by atoms with Crippen molar-refractivity contribution in [1.82, 2.24) is 15.2 Å². The van der Waals surface area contributed by atoms with E-state index < -0.39 is 0 Å². The minimum absolute atomic E-state index is 0.246. The van der Waals surface area contributed by atoms with Gasteiger partial charge in [0.15, 0.2) is 0 Å². The number of thioether (sulfide) groups is 1. The molecular formula is C9H16N4S. The van der Waals surface area contributed by atoms with Gasteiger partial charge in [-0.25, -0.2) is 0 Å². The number of nitrogens with zero attached hydrogens (tertiary/aromatic N) is 2. The maximum absolute atomic E-state index is 5.59. The largest absolute Gasteiger partial charge is 0.275 e. The van der Waals surface area contributed by atoms with E-state index in [1.54, 1.807) is 0 Å². The molecule has 0 aromatic carbocycles. The zero-order valence-electron chi connectivity index (χ0n) is 8.31. The number of hydrogen-bond acceptors (Lipinski definition) is 4. The Bertz CT molecular complexity index is 293. The van der Waals surface area contributed by atoms with Gasteiger partial charge in [0, 0.05) is 24.1 Å². The Hall–Kier alpha value is -0.520. The van der Waals surface area contributed by atoms with Crippen molar-refractivity contribution >= 4 is 11.8 Å². The number of hydrazine groups is 1. The molecule has 78 valence electrons. The number of aryl methyl sites for hydroxylation is 1. The van der Waals surface area contributed by atoms with Gasteiger partial charge in [0.05, 0.1) is 12.2 Å². The number of hydrogen-bond donors (Lipinski definition) is 2. The van der Waals surface area contributed by atoms with Gasteiger partial charge in [-0.05, 0) is 18.6 Å². The summed E-state index contributed by atoms with van der Waals surface area (Å²) in [6, 6.07) is 0.246. The Morgan fingerprint density at radius 2 is 2.64 bits per heavy atom. The topological polar surface area (TPSA) is 55.9 Å². The molecule has 1 aromatic heterocycles. The number of aromatic nitrogens is 2. The average molecular weight is 212 g/mol. The second-order valence-corrected chi connectivity index (χ2v) is 4.99. The van der Waals surface area contributed by atoms with Gasteiger partial charge in [0.25, 0.3) is 0 Å². The van der Waals surface area contributed by atoms with Gasteiger partial charge in [-0.15, -0.1) is 0 Å². The Balaban J connectivity index is 2.12. The summed E-state index contributed by atoms with van der Waals surface area (Å²) in [5, 5.41) is 4.77. The molecule has 2 rings (SSSR count). The smallest absolute Gasteiger partial charge is 0.0609 e. The fraction of sp³-hybridized carbons (Fsp3) is 0.667. The van der Waals surface area contributed by atoms with Crippen LogP contribution in [0.15, 0.2) is 12.4 Å². The molecule has 1 saturated heterocycles. The first-order valence-electron chi connectivity index (χ1n) is 4.87. The van der Waals surface area contributed by atoms with Gasteiger partial charge in [-0.3, -0.25) is 16.0 Å². The lowest BCUT2D eigenvalue weighted by atomic mass is 10.1. The van der Waals surface area contributed by atoms with E-state index in [2.05, 4.69) is 10.5 Å². The third-order valence-corrected chi connectivity index (χ3v) is 4.06. The van der Waals surface area contributed by atoms with Crippen LogP contribution in [-0.2, 0) is 7.05 Å². The lowest BCUT2D eigenvalue weighted by molar-refractivity contribution is 0.520. The number of rotatable bonds is 3. The highest BCUT2D eigenvalue weighted by Gasteiger charge is 2.26. The summed E-state index contributed by atoms with van der Waals surface area (Å²) in [6.45, 7) is 0. The van der Waals surface area contributed by atoms with E-state index in [0.29, 0.717) is 5.25 Å². The fourth-order valence-corrected chi connectivity index (χ4v) is 3.28. The molecule has 0 bridgehead atoms. The molecule has 3 N–H and O–H groups in total. The number of nitrogens with two attached hydrogens (primary N) is 1. The Kier molecular flexibility index (Phi) is 3.10. The van der Waals surface area contributed by atoms with Gasteiger partial charge in [0.2, 0.25) is 0 Å². The van der Waals surface area contributed by atoms with Crippen molar-refractivity contribution in [3.63, 3.8) is 0 Å². The van der Waals surface area contributed by atoms with Crippen LogP contribution < -0.4 is 11.3 Å². The third kappa shape index (κ3) is 1.94. The third-order valence-electron chi connectivity index (χ3n) is 2.60. The summed E-state index contributed by atoms with van der Waals surface area (Å²) < 4.78 is 1.82. The summed E-state index contributed by atoms with van der Waals surface area (Å²) in [7, 11) is 1.93. The molecule has 0 spiro atoms. The molecule has 2 atom stereocenters. The van der Waals surface area contributed by atoms with E-state index in [1.165, 1.54) is 24.2 Å². The molecule has 1 aromatic rings. The van der Waals surface area contributed by atoms with E-state index in [4.69, 9.17) is 5.84 Å². The Labute approximate surface area is 88.2 Å². The molecule has 1 aliphatic rings. The van der Waals surface area contributed by atoms with Crippen molar-refractivity contribution in [3.05, 3.63) is 18.0 Å². The van der Waals surface area contributed by atoms with Crippen LogP contribution in [0, 0.1) is 0 Å². The van der Waals surface area contributed by atoms with Crippen molar-refractivity contribution in [2.45, 2.75) is 24.1 Å². The van der Waals surface area contributed by atoms with E-state index >= 15 is 0 Å². The molecular weight excluding hydrogens is 196 g/mol. The normalized spacial score (nSPS) is 24.0. The standard InChI is InChI=1S/C9H16N4S/c1-13-6-7(5-11-13)9(12-10)8-3-2-4-14-8/h5-6,8-9,12H,2-4,10H2,1H3. The zero-order valence-corrected chi connectivity index (χ0v) is 9.13. The minimum atomic E-state index is 0.246. The minimum Gasteiger partial charge on any atom is -0.275 e. The highest BCUT2D eigenvalue weighted by molar-refractivity contribution is 8.00. The molecule has 1 fully saturated rings. The molecule has 0 radical (unpaired) electrons. The van der Waals surface area contributed by atoms with Crippen LogP contribution >= 0.6 is 11.8 Å². The monoisotopic (exact) mass is 212 g/mol. The van der Waals surface area contributed by atoms with Crippen molar-refractivity contribution in [1.29, 1.82) is 0 Å². The number of nitrogens with one attached hydrogen (secondary N) is 1. The first-order chi connectivity index (χ1) is 6.81. The van der Waals surface area contributed by atoms with Crippen LogP contribution in [-0.4, -0.2) is 20.8 Å². The predicted molar refractivity (Wildman–Crippen MR) is 58.8 cm³/mol. The van der Waals surface area contributed by atoms with Crippen LogP contribution in [0.3, 0.4) is 0 Å². The van der Waals surface area contributed by atoms with Crippen molar-refractivity contribution in [2.24, 2.45) is 12.9 Å². The second-order valence-electron chi connectivity index (χ2n) is 3.64. The van der Waals surface area contributed by atoms with E-state index in [1.807, 2.05) is 35.9 Å². The average Bonchev–Trinajstić information content (AvgIpc) is 2.79. The van der Waals surface area contributed by atoms with Gasteiger partial charge in [-0.1, -0.05) is 0 Å². The van der Waals surface area contributed by atoms with Gasteiger partial charge >= 0.3 is 0 Å². The molecule has 0 amide bonds. The van der Waals surface area contributed by atoms with Gasteiger partial charge < -0.3 is 0 Å². The second kappa shape index (κ2) is 4.33. The fourth-order valence-electron chi connectivity index (χ4n) is 1.88. The van der Waals surface area contributed by atoms with Crippen LogP contribution in [0.4, 0.5) is 0 Å². The Morgan fingerprint density at radius 1 is 1.79 bits per heavy atom. The maximum Gasteiger partial charge on any atom is 0.0609 e.